The summed E-state index contributed by atoms with van der Waals surface area (Å²) in [5.74, 6) is 0.635. The first-order valence-electron chi connectivity index (χ1n) is 7.29. The molecule has 1 aliphatic rings. The van der Waals surface area contributed by atoms with Crippen molar-refractivity contribution in [3.8, 4) is 0 Å². The molecule has 0 radical (unpaired) electrons. The molecular formula is C16H20N4O. The van der Waals surface area contributed by atoms with Crippen molar-refractivity contribution in [3.05, 3.63) is 35.9 Å². The number of likely N-dealkylation sites (tertiary alicyclic amines) is 1. The fourth-order valence-electron chi connectivity index (χ4n) is 3.05. The number of amides is 1. The first-order chi connectivity index (χ1) is 10.2. The summed E-state index contributed by atoms with van der Waals surface area (Å²) in [5.41, 5.74) is 7.56. The molecule has 1 amide bonds. The van der Waals surface area contributed by atoms with Crippen molar-refractivity contribution in [1.82, 2.24) is 9.88 Å². The van der Waals surface area contributed by atoms with E-state index in [1.807, 2.05) is 25.2 Å². The van der Waals surface area contributed by atoms with Gasteiger partial charge in [-0.3, -0.25) is 9.69 Å². The number of pyridine rings is 1. The number of rotatable bonds is 4. The van der Waals surface area contributed by atoms with Crippen LogP contribution in [0.3, 0.4) is 0 Å². The second-order valence-electron chi connectivity index (χ2n) is 5.47. The lowest BCUT2D eigenvalue weighted by Crippen LogP contribution is -2.39. The Labute approximate surface area is 124 Å². The summed E-state index contributed by atoms with van der Waals surface area (Å²) in [6.45, 7) is 1.60. The number of fused-ring (bicyclic) bond motifs is 1. The molecule has 0 spiro atoms. The zero-order valence-electron chi connectivity index (χ0n) is 12.2. The van der Waals surface area contributed by atoms with Gasteiger partial charge in [-0.2, -0.15) is 0 Å². The van der Waals surface area contributed by atoms with E-state index in [0.717, 1.165) is 41.7 Å². The van der Waals surface area contributed by atoms with Crippen LogP contribution in [-0.4, -0.2) is 35.4 Å². The monoisotopic (exact) mass is 284 g/mol. The first kappa shape index (κ1) is 13.8. The fourth-order valence-corrected chi connectivity index (χ4v) is 3.05. The number of anilines is 1. The number of nitrogens with zero attached hydrogens (tertiary/aromatic N) is 2. The van der Waals surface area contributed by atoms with Crippen LogP contribution in [0.5, 0.6) is 0 Å². The van der Waals surface area contributed by atoms with E-state index in [2.05, 4.69) is 27.3 Å². The Balaban J connectivity index is 1.94. The van der Waals surface area contributed by atoms with Crippen molar-refractivity contribution in [2.75, 3.05) is 18.9 Å². The highest BCUT2D eigenvalue weighted by Gasteiger charge is 2.29. The molecule has 5 nitrogen and oxygen atoms in total. The van der Waals surface area contributed by atoms with Gasteiger partial charge in [-0.25, -0.2) is 4.98 Å². The van der Waals surface area contributed by atoms with Crippen LogP contribution in [0.2, 0.25) is 0 Å². The summed E-state index contributed by atoms with van der Waals surface area (Å²) in [5, 5.41) is 4.26. The van der Waals surface area contributed by atoms with Crippen molar-refractivity contribution in [2.24, 2.45) is 5.73 Å². The Morgan fingerprint density at radius 2 is 2.29 bits per heavy atom. The predicted molar refractivity (Wildman–Crippen MR) is 83.9 cm³/mol. The Bertz CT molecular complexity index is 670. The van der Waals surface area contributed by atoms with Crippen LogP contribution in [0, 0.1) is 0 Å². The van der Waals surface area contributed by atoms with Gasteiger partial charge in [-0.05, 0) is 31.5 Å². The van der Waals surface area contributed by atoms with Crippen molar-refractivity contribution in [2.45, 2.75) is 25.4 Å². The summed E-state index contributed by atoms with van der Waals surface area (Å²) >= 11 is 0. The largest absolute Gasteiger partial charge is 0.373 e. The Morgan fingerprint density at radius 1 is 1.48 bits per heavy atom. The molecule has 1 fully saturated rings. The molecule has 2 heterocycles. The zero-order valence-corrected chi connectivity index (χ0v) is 12.2. The SMILES string of the molecule is CNc1nc2ccccc2cc1CN1CCCC1C(N)=O. The number of hydrogen-bond donors (Lipinski definition) is 2. The third-order valence-corrected chi connectivity index (χ3v) is 4.11. The lowest BCUT2D eigenvalue weighted by atomic mass is 10.1. The average Bonchev–Trinajstić information content (AvgIpc) is 2.95. The minimum absolute atomic E-state index is 0.152. The van der Waals surface area contributed by atoms with Crippen molar-refractivity contribution < 1.29 is 4.79 Å². The molecule has 0 aliphatic carbocycles. The van der Waals surface area contributed by atoms with Gasteiger partial charge in [0.25, 0.3) is 0 Å². The molecule has 21 heavy (non-hydrogen) atoms. The molecule has 1 aromatic carbocycles. The normalized spacial score (nSPS) is 19.0. The van der Waals surface area contributed by atoms with Crippen LogP contribution in [-0.2, 0) is 11.3 Å². The van der Waals surface area contributed by atoms with Gasteiger partial charge >= 0.3 is 0 Å². The van der Waals surface area contributed by atoms with E-state index >= 15 is 0 Å². The van der Waals surface area contributed by atoms with Gasteiger partial charge in [-0.15, -0.1) is 0 Å². The van der Waals surface area contributed by atoms with Gasteiger partial charge in [0.2, 0.25) is 5.91 Å². The summed E-state index contributed by atoms with van der Waals surface area (Å²) < 4.78 is 0. The van der Waals surface area contributed by atoms with Crippen LogP contribution >= 0.6 is 0 Å². The van der Waals surface area contributed by atoms with Crippen LogP contribution < -0.4 is 11.1 Å². The van der Waals surface area contributed by atoms with E-state index < -0.39 is 0 Å². The summed E-state index contributed by atoms with van der Waals surface area (Å²) in [6.07, 6.45) is 1.87. The minimum atomic E-state index is -0.229. The van der Waals surface area contributed by atoms with Gasteiger partial charge < -0.3 is 11.1 Å². The number of para-hydroxylation sites is 1. The van der Waals surface area contributed by atoms with E-state index in [1.165, 1.54) is 0 Å². The first-order valence-corrected chi connectivity index (χ1v) is 7.29. The van der Waals surface area contributed by atoms with Gasteiger partial charge in [-0.1, -0.05) is 18.2 Å². The molecule has 110 valence electrons. The highest BCUT2D eigenvalue weighted by atomic mass is 16.1. The average molecular weight is 284 g/mol. The molecule has 3 rings (SSSR count). The molecule has 2 aromatic rings. The van der Waals surface area contributed by atoms with Gasteiger partial charge in [0.05, 0.1) is 11.6 Å². The van der Waals surface area contributed by atoms with Crippen molar-refractivity contribution in [3.63, 3.8) is 0 Å². The number of nitrogens with one attached hydrogen (secondary N) is 1. The molecule has 1 saturated heterocycles. The van der Waals surface area contributed by atoms with Gasteiger partial charge in [0.1, 0.15) is 5.82 Å². The summed E-state index contributed by atoms with van der Waals surface area (Å²) in [6, 6.07) is 10.0. The second-order valence-corrected chi connectivity index (χ2v) is 5.47. The summed E-state index contributed by atoms with van der Waals surface area (Å²) in [4.78, 5) is 18.3. The van der Waals surface area contributed by atoms with E-state index in [9.17, 15) is 4.79 Å². The molecule has 5 heteroatoms. The highest BCUT2D eigenvalue weighted by Crippen LogP contribution is 2.25. The molecule has 1 aliphatic heterocycles. The second kappa shape index (κ2) is 5.69. The smallest absolute Gasteiger partial charge is 0.234 e. The van der Waals surface area contributed by atoms with E-state index in [-0.39, 0.29) is 11.9 Å². The molecule has 1 unspecified atom stereocenters. The number of benzene rings is 1. The number of carbonyl (C=O) groups excluding carboxylic acids is 1. The van der Waals surface area contributed by atoms with E-state index in [0.29, 0.717) is 6.54 Å². The number of nitrogens with two attached hydrogens (primary N) is 1. The Morgan fingerprint density at radius 3 is 3.05 bits per heavy atom. The number of primary amides is 1. The number of aromatic nitrogens is 1. The van der Waals surface area contributed by atoms with Crippen LogP contribution in [0.4, 0.5) is 5.82 Å². The maximum Gasteiger partial charge on any atom is 0.234 e. The molecule has 3 N–H and O–H groups in total. The third kappa shape index (κ3) is 2.69. The lowest BCUT2D eigenvalue weighted by molar-refractivity contribution is -0.122. The quantitative estimate of drug-likeness (QED) is 0.897. The Kier molecular flexibility index (Phi) is 3.75. The number of hydrogen-bond acceptors (Lipinski definition) is 4. The van der Waals surface area contributed by atoms with E-state index in [4.69, 9.17) is 5.73 Å². The topological polar surface area (TPSA) is 71.2 Å². The molecule has 1 aromatic heterocycles. The van der Waals surface area contributed by atoms with Gasteiger partial charge in [0, 0.05) is 24.5 Å². The van der Waals surface area contributed by atoms with Crippen LogP contribution in [0.1, 0.15) is 18.4 Å². The number of carbonyl (C=O) groups is 1. The Hall–Kier alpha value is -2.14. The van der Waals surface area contributed by atoms with Crippen molar-refractivity contribution in [1.29, 1.82) is 0 Å². The lowest BCUT2D eigenvalue weighted by Gasteiger charge is -2.23. The maximum atomic E-state index is 11.5. The minimum Gasteiger partial charge on any atom is -0.373 e. The predicted octanol–water partition coefficient (Wildman–Crippen LogP) is 1.73. The molecule has 0 bridgehead atoms. The third-order valence-electron chi connectivity index (χ3n) is 4.11. The summed E-state index contributed by atoms with van der Waals surface area (Å²) in [7, 11) is 1.87. The van der Waals surface area contributed by atoms with Crippen molar-refractivity contribution >= 4 is 22.6 Å². The fraction of sp³-hybridized carbons (Fsp3) is 0.375. The zero-order chi connectivity index (χ0) is 14.8. The van der Waals surface area contributed by atoms with Gasteiger partial charge in [0.15, 0.2) is 0 Å². The van der Waals surface area contributed by atoms with Crippen LogP contribution in [0.25, 0.3) is 10.9 Å². The molecule has 0 saturated carbocycles. The standard InChI is InChI=1S/C16H20N4O/c1-18-16-12(9-11-5-2-3-6-13(11)19-16)10-20-8-4-7-14(20)15(17)21/h2-3,5-6,9,14H,4,7-8,10H2,1H3,(H2,17,21)(H,18,19). The molecule has 1 atom stereocenters. The maximum absolute atomic E-state index is 11.5. The van der Waals surface area contributed by atoms with Crippen LogP contribution in [0.15, 0.2) is 30.3 Å². The van der Waals surface area contributed by atoms with E-state index in [1.54, 1.807) is 0 Å². The molecular weight excluding hydrogens is 264 g/mol. The highest BCUT2D eigenvalue weighted by molar-refractivity contribution is 5.82.